The van der Waals surface area contributed by atoms with Gasteiger partial charge in [-0.3, -0.25) is 0 Å². The first-order valence-electron chi connectivity index (χ1n) is 14.2. The number of allylic oxidation sites excluding steroid dienone is 2. The van der Waals surface area contributed by atoms with Gasteiger partial charge in [-0.25, -0.2) is 0 Å². The highest BCUT2D eigenvalue weighted by Crippen LogP contribution is 2.89. The lowest BCUT2D eigenvalue weighted by Crippen LogP contribution is -2.57. The normalized spacial score (nSPS) is 52.6. The van der Waals surface area contributed by atoms with Crippen molar-refractivity contribution < 1.29 is 5.11 Å². The molecule has 2 spiro atoms. The Bertz CT molecular complexity index is 792. The van der Waals surface area contributed by atoms with Crippen LogP contribution in [0.2, 0.25) is 0 Å². The summed E-state index contributed by atoms with van der Waals surface area (Å²) in [6, 6.07) is 0. The summed E-state index contributed by atoms with van der Waals surface area (Å²) in [7, 11) is 0. The van der Waals surface area contributed by atoms with Crippen LogP contribution in [0, 0.1) is 56.7 Å². The van der Waals surface area contributed by atoms with E-state index in [9.17, 15) is 5.11 Å². The van der Waals surface area contributed by atoms with Gasteiger partial charge in [-0.05, 0) is 128 Å². The van der Waals surface area contributed by atoms with Crippen molar-refractivity contribution in [2.75, 3.05) is 0 Å². The molecule has 5 saturated carbocycles. The fraction of sp³-hybridized carbons (Fsp3) is 0.935. The third-order valence-corrected chi connectivity index (χ3v) is 13.6. The van der Waals surface area contributed by atoms with Gasteiger partial charge in [0.2, 0.25) is 0 Å². The maximum Gasteiger partial charge on any atom is 0.0594 e. The maximum absolute atomic E-state index is 10.9. The van der Waals surface area contributed by atoms with Crippen LogP contribution >= 0.6 is 0 Å². The first-order valence-corrected chi connectivity index (χ1v) is 14.2. The number of aliphatic hydroxyl groups excluding tert-OH is 1. The summed E-state index contributed by atoms with van der Waals surface area (Å²) in [6.45, 7) is 19.8. The van der Waals surface area contributed by atoms with E-state index in [1.807, 2.05) is 0 Å². The predicted octanol–water partition coefficient (Wildman–Crippen LogP) is 8.41. The van der Waals surface area contributed by atoms with Gasteiger partial charge < -0.3 is 5.11 Å². The quantitative estimate of drug-likeness (QED) is 0.435. The molecule has 9 atom stereocenters. The molecular formula is C31H52O. The van der Waals surface area contributed by atoms with Crippen LogP contribution in [0.4, 0.5) is 0 Å². The van der Waals surface area contributed by atoms with E-state index < -0.39 is 0 Å². The number of hydrogen-bond acceptors (Lipinski definition) is 1. The van der Waals surface area contributed by atoms with E-state index in [0.29, 0.717) is 27.6 Å². The molecule has 1 heteroatoms. The topological polar surface area (TPSA) is 20.2 Å². The third kappa shape index (κ3) is 2.73. The molecular weight excluding hydrogens is 388 g/mol. The van der Waals surface area contributed by atoms with Crippen LogP contribution in [0.5, 0.6) is 0 Å². The first kappa shape index (κ1) is 23.4. The lowest BCUT2D eigenvalue weighted by molar-refractivity contribution is -0.161. The van der Waals surface area contributed by atoms with Gasteiger partial charge in [0.25, 0.3) is 0 Å². The summed E-state index contributed by atoms with van der Waals surface area (Å²) >= 11 is 0. The molecule has 0 radical (unpaired) electrons. The van der Waals surface area contributed by atoms with Gasteiger partial charge in [-0.1, -0.05) is 60.1 Å². The van der Waals surface area contributed by atoms with Crippen molar-refractivity contribution in [3.63, 3.8) is 0 Å². The SMILES string of the molecule is CC(=CC[C@@H](C)[C@H]1CC[C@@]2(C)[C@@H]3CC[C@H]4C(C)(C)[C@@H](O)CC[C@@]45C[C@@]35CC[C@]12C)C(C)C. The molecule has 0 heterocycles. The van der Waals surface area contributed by atoms with Crippen molar-refractivity contribution >= 4 is 0 Å². The van der Waals surface area contributed by atoms with Gasteiger partial charge in [0.1, 0.15) is 0 Å². The third-order valence-electron chi connectivity index (χ3n) is 13.6. The Morgan fingerprint density at radius 1 is 0.844 bits per heavy atom. The maximum atomic E-state index is 10.9. The summed E-state index contributed by atoms with van der Waals surface area (Å²) < 4.78 is 0. The largest absolute Gasteiger partial charge is 0.393 e. The molecule has 5 aliphatic carbocycles. The Kier molecular flexibility index (Phi) is 5.21. The van der Waals surface area contributed by atoms with Crippen LogP contribution in [0.3, 0.4) is 0 Å². The van der Waals surface area contributed by atoms with E-state index in [2.05, 4.69) is 61.5 Å². The lowest BCUT2D eigenvalue weighted by Gasteiger charge is -2.63. The van der Waals surface area contributed by atoms with E-state index in [4.69, 9.17) is 0 Å². The minimum atomic E-state index is -0.0872. The minimum absolute atomic E-state index is 0.0872. The van der Waals surface area contributed by atoms with Crippen molar-refractivity contribution in [2.45, 2.75) is 126 Å². The smallest absolute Gasteiger partial charge is 0.0594 e. The molecule has 0 amide bonds. The fourth-order valence-corrected chi connectivity index (χ4v) is 11.1. The van der Waals surface area contributed by atoms with Crippen molar-refractivity contribution in [1.82, 2.24) is 0 Å². The number of fused-ring (bicyclic) bond motifs is 2. The zero-order valence-electron chi connectivity index (χ0n) is 22.6. The van der Waals surface area contributed by atoms with Crippen LogP contribution in [0.15, 0.2) is 11.6 Å². The highest BCUT2D eigenvalue weighted by molar-refractivity contribution is 5.30. The highest BCUT2D eigenvalue weighted by Gasteiger charge is 2.82. The molecule has 0 aromatic rings. The lowest BCUT2D eigenvalue weighted by atomic mass is 9.41. The minimum Gasteiger partial charge on any atom is -0.393 e. The van der Waals surface area contributed by atoms with Crippen molar-refractivity contribution in [3.8, 4) is 0 Å². The molecule has 1 nitrogen and oxygen atoms in total. The molecule has 0 unspecified atom stereocenters. The Morgan fingerprint density at radius 2 is 1.50 bits per heavy atom. The average Bonchev–Trinajstić information content (AvgIpc) is 3.31. The molecule has 0 aromatic heterocycles. The van der Waals surface area contributed by atoms with Crippen LogP contribution < -0.4 is 0 Å². The van der Waals surface area contributed by atoms with Gasteiger partial charge in [-0.2, -0.15) is 0 Å². The van der Waals surface area contributed by atoms with Gasteiger partial charge >= 0.3 is 0 Å². The van der Waals surface area contributed by atoms with E-state index in [0.717, 1.165) is 30.1 Å². The van der Waals surface area contributed by atoms with Crippen LogP contribution in [0.25, 0.3) is 0 Å². The molecule has 5 fully saturated rings. The van der Waals surface area contributed by atoms with Crippen molar-refractivity contribution in [3.05, 3.63) is 11.6 Å². The Hall–Kier alpha value is -0.300. The zero-order valence-corrected chi connectivity index (χ0v) is 22.6. The second-order valence-corrected chi connectivity index (χ2v) is 14.8. The number of hydrogen-bond donors (Lipinski definition) is 1. The van der Waals surface area contributed by atoms with E-state index >= 15 is 0 Å². The summed E-state index contributed by atoms with van der Waals surface area (Å²) in [4.78, 5) is 0. The highest BCUT2D eigenvalue weighted by atomic mass is 16.3. The van der Waals surface area contributed by atoms with Crippen molar-refractivity contribution in [2.24, 2.45) is 56.7 Å². The molecule has 32 heavy (non-hydrogen) atoms. The van der Waals surface area contributed by atoms with Gasteiger partial charge in [0, 0.05) is 0 Å². The van der Waals surface area contributed by atoms with Crippen LogP contribution in [0.1, 0.15) is 120 Å². The Balaban J connectivity index is 1.41. The second-order valence-electron chi connectivity index (χ2n) is 14.8. The predicted molar refractivity (Wildman–Crippen MR) is 135 cm³/mol. The van der Waals surface area contributed by atoms with Gasteiger partial charge in [-0.15, -0.1) is 0 Å². The standard InChI is InChI=1S/C31H52O/c1-20(2)21(3)9-10-22(4)23-13-15-29(8)25-12-11-24-27(5,6)26(32)14-16-30(24)19-31(25,30)18-17-28(23,29)7/h9,20,22-26,32H,10-19H2,1-8H3/t22-,23-,24+,25+,26+,28-,29+,30-,31+/m1/s1. The molecule has 0 bridgehead atoms. The van der Waals surface area contributed by atoms with Gasteiger partial charge in [0.05, 0.1) is 6.10 Å². The number of rotatable bonds is 4. The first-order chi connectivity index (χ1) is 14.9. The summed E-state index contributed by atoms with van der Waals surface area (Å²) in [5, 5.41) is 10.9. The molecule has 5 rings (SSSR count). The monoisotopic (exact) mass is 440 g/mol. The zero-order chi connectivity index (χ0) is 23.3. The number of aliphatic hydroxyl groups is 1. The molecule has 0 saturated heterocycles. The van der Waals surface area contributed by atoms with E-state index in [1.54, 1.807) is 5.57 Å². The Labute approximate surface area is 199 Å². The van der Waals surface area contributed by atoms with Crippen LogP contribution in [-0.4, -0.2) is 11.2 Å². The second kappa shape index (κ2) is 7.11. The summed E-state index contributed by atoms with van der Waals surface area (Å²) in [5.74, 6) is 4.06. The molecule has 1 N–H and O–H groups in total. The van der Waals surface area contributed by atoms with E-state index in [1.165, 1.54) is 57.8 Å². The molecule has 0 aromatic carbocycles. The van der Waals surface area contributed by atoms with E-state index in [-0.39, 0.29) is 11.5 Å². The average molecular weight is 441 g/mol. The van der Waals surface area contributed by atoms with Crippen molar-refractivity contribution in [1.29, 1.82) is 0 Å². The molecule has 5 aliphatic rings. The molecule has 0 aliphatic heterocycles. The summed E-state index contributed by atoms with van der Waals surface area (Å²) in [5.41, 5.74) is 3.92. The summed E-state index contributed by atoms with van der Waals surface area (Å²) in [6.07, 6.45) is 16.3. The van der Waals surface area contributed by atoms with Gasteiger partial charge in [0.15, 0.2) is 0 Å². The Morgan fingerprint density at radius 3 is 2.19 bits per heavy atom. The fourth-order valence-electron chi connectivity index (χ4n) is 11.1. The molecule has 182 valence electrons. The van der Waals surface area contributed by atoms with Crippen LogP contribution in [-0.2, 0) is 0 Å².